The quantitative estimate of drug-likeness (QED) is 0.405. The number of nitrogen functional groups attached to an aromatic ring is 1. The first-order valence-corrected chi connectivity index (χ1v) is 11.6. The molecule has 4 atom stereocenters. The summed E-state index contributed by atoms with van der Waals surface area (Å²) in [7, 11) is 0. The van der Waals surface area contributed by atoms with Crippen molar-refractivity contribution < 1.29 is 9.90 Å². The molecule has 1 aromatic carbocycles. The minimum Gasteiger partial charge on any atom is -0.391 e. The van der Waals surface area contributed by atoms with Gasteiger partial charge in [-0.2, -0.15) is 9.61 Å². The molecule has 0 saturated carbocycles. The van der Waals surface area contributed by atoms with Crippen LogP contribution in [0.3, 0.4) is 0 Å². The molecule has 2 fully saturated rings. The van der Waals surface area contributed by atoms with Crippen molar-refractivity contribution in [2.24, 2.45) is 0 Å². The van der Waals surface area contributed by atoms with Crippen LogP contribution < -0.4 is 11.1 Å². The van der Waals surface area contributed by atoms with E-state index in [4.69, 9.17) is 10.7 Å². The van der Waals surface area contributed by atoms with E-state index >= 15 is 0 Å². The number of nitrogens with two attached hydrogens (primary N) is 1. The van der Waals surface area contributed by atoms with Gasteiger partial charge in [-0.05, 0) is 32.3 Å². The van der Waals surface area contributed by atoms with Gasteiger partial charge in [0, 0.05) is 40.9 Å². The van der Waals surface area contributed by atoms with Crippen LogP contribution in [0.5, 0.6) is 0 Å². The number of carbonyl (C=O) groups is 1. The number of pyridine rings is 1. The average Bonchev–Trinajstić information content (AvgIpc) is 3.39. The summed E-state index contributed by atoms with van der Waals surface area (Å²) in [5.74, 6) is 0.222. The Balaban J connectivity index is 1.44. The average molecular weight is 455 g/mol. The van der Waals surface area contributed by atoms with Crippen molar-refractivity contribution >= 4 is 17.2 Å². The summed E-state index contributed by atoms with van der Waals surface area (Å²) in [6, 6.07) is 14.2. The molecule has 4 N–H and O–H groups in total. The topological polar surface area (TPSA) is 118 Å². The number of benzene rings is 1. The minimum atomic E-state index is -0.364. The Labute approximate surface area is 196 Å². The molecule has 4 unspecified atom stereocenters. The highest BCUT2D eigenvalue weighted by molar-refractivity contribution is 6.00. The number of anilines is 1. The zero-order valence-electron chi connectivity index (χ0n) is 18.8. The fourth-order valence-corrected chi connectivity index (χ4v) is 5.52. The Hall–Kier alpha value is -3.62. The summed E-state index contributed by atoms with van der Waals surface area (Å²) in [4.78, 5) is 22.3. The number of aliphatic hydroxyl groups excluding tert-OH is 1. The van der Waals surface area contributed by atoms with Gasteiger partial charge in [-0.25, -0.2) is 4.98 Å². The number of hydrogen-bond donors (Lipinski definition) is 3. The van der Waals surface area contributed by atoms with Crippen molar-refractivity contribution in [2.45, 2.75) is 50.3 Å². The molecule has 2 bridgehead atoms. The third kappa shape index (κ3) is 3.38. The molecule has 34 heavy (non-hydrogen) atoms. The van der Waals surface area contributed by atoms with E-state index in [-0.39, 0.29) is 29.9 Å². The Bertz CT molecular complexity index is 1380. The van der Waals surface area contributed by atoms with E-state index in [1.54, 1.807) is 10.7 Å². The molecule has 5 heterocycles. The largest absolute Gasteiger partial charge is 0.391 e. The van der Waals surface area contributed by atoms with Crippen LogP contribution in [0.25, 0.3) is 28.0 Å². The van der Waals surface area contributed by atoms with Gasteiger partial charge in [-0.3, -0.25) is 9.78 Å². The van der Waals surface area contributed by atoms with Gasteiger partial charge in [-0.1, -0.05) is 36.4 Å². The van der Waals surface area contributed by atoms with E-state index in [9.17, 15) is 9.90 Å². The van der Waals surface area contributed by atoms with Gasteiger partial charge in [0.15, 0.2) is 11.4 Å². The lowest BCUT2D eigenvalue weighted by Gasteiger charge is -2.30. The van der Waals surface area contributed by atoms with Gasteiger partial charge in [0.1, 0.15) is 5.82 Å². The molecule has 2 aliphatic heterocycles. The standard InChI is InChI=1S/C26H26N6O2/c1-14(33)23-24(17-9-18-11-22(34)21(10-17)30-18)31-26-19(13-29-32(26)25(23)27)16-7-8-20(28-12-16)15-5-3-2-4-6-15/h2-8,12-13,17-18,21-22,30,34H,9-11,27H2,1H3. The Morgan fingerprint density at radius 3 is 2.62 bits per heavy atom. The highest BCUT2D eigenvalue weighted by Gasteiger charge is 2.41. The Morgan fingerprint density at radius 2 is 1.91 bits per heavy atom. The predicted molar refractivity (Wildman–Crippen MR) is 129 cm³/mol. The van der Waals surface area contributed by atoms with E-state index in [1.165, 1.54) is 6.92 Å². The second-order valence-corrected chi connectivity index (χ2v) is 9.35. The molecule has 4 aromatic rings. The molecule has 6 rings (SSSR count). The number of rotatable bonds is 4. The SMILES string of the molecule is CC(=O)c1c(C2CC3CC(O)C(C2)N3)nc2c(-c3ccc(-c4ccccc4)nc3)cnn2c1N. The van der Waals surface area contributed by atoms with Crippen LogP contribution >= 0.6 is 0 Å². The number of nitrogens with one attached hydrogen (secondary N) is 1. The van der Waals surface area contributed by atoms with Gasteiger partial charge in [0.25, 0.3) is 0 Å². The third-order valence-corrected chi connectivity index (χ3v) is 7.14. The maximum absolute atomic E-state index is 12.6. The molecule has 0 amide bonds. The van der Waals surface area contributed by atoms with Crippen LogP contribution in [-0.2, 0) is 0 Å². The fourth-order valence-electron chi connectivity index (χ4n) is 5.52. The molecule has 8 nitrogen and oxygen atoms in total. The molecule has 3 aromatic heterocycles. The number of nitrogens with zero attached hydrogens (tertiary/aromatic N) is 4. The predicted octanol–water partition coefficient (Wildman–Crippen LogP) is 3.21. The highest BCUT2D eigenvalue weighted by Crippen LogP contribution is 2.40. The van der Waals surface area contributed by atoms with Crippen molar-refractivity contribution in [3.8, 4) is 22.4 Å². The van der Waals surface area contributed by atoms with Crippen molar-refractivity contribution in [3.63, 3.8) is 0 Å². The summed E-state index contributed by atoms with van der Waals surface area (Å²) in [6.07, 6.45) is 5.44. The van der Waals surface area contributed by atoms with E-state index in [0.29, 0.717) is 22.7 Å². The van der Waals surface area contributed by atoms with Gasteiger partial charge in [-0.15, -0.1) is 0 Å². The summed E-state index contributed by atoms with van der Waals surface area (Å²) < 4.78 is 1.55. The summed E-state index contributed by atoms with van der Waals surface area (Å²) in [5.41, 5.74) is 11.9. The van der Waals surface area contributed by atoms with Gasteiger partial charge < -0.3 is 16.2 Å². The van der Waals surface area contributed by atoms with Gasteiger partial charge in [0.05, 0.1) is 29.3 Å². The second-order valence-electron chi connectivity index (χ2n) is 9.35. The van der Waals surface area contributed by atoms with E-state index in [2.05, 4.69) is 15.4 Å². The number of hydrogen-bond acceptors (Lipinski definition) is 7. The lowest BCUT2D eigenvalue weighted by Crippen LogP contribution is -2.40. The number of carbonyl (C=O) groups excluding carboxylic acids is 1. The number of fused-ring (bicyclic) bond motifs is 3. The lowest BCUT2D eigenvalue weighted by molar-refractivity contribution is 0.101. The van der Waals surface area contributed by atoms with Crippen molar-refractivity contribution in [3.05, 3.63) is 66.1 Å². The summed E-state index contributed by atoms with van der Waals surface area (Å²) in [5, 5.41) is 18.3. The van der Waals surface area contributed by atoms with E-state index in [1.807, 2.05) is 48.7 Å². The molecule has 172 valence electrons. The number of piperidine rings is 1. The lowest BCUT2D eigenvalue weighted by atomic mass is 9.86. The zero-order valence-corrected chi connectivity index (χ0v) is 18.8. The number of ketones is 1. The normalized spacial score (nSPS) is 23.9. The van der Waals surface area contributed by atoms with Crippen molar-refractivity contribution in [1.82, 2.24) is 24.9 Å². The molecule has 2 aliphatic rings. The number of aliphatic hydroxyl groups is 1. The molecule has 2 saturated heterocycles. The molecule has 8 heteroatoms. The number of Topliss-reactive ketones (excluding diaryl/α,β-unsaturated/α-hetero) is 1. The first kappa shape index (κ1) is 20.9. The summed E-state index contributed by atoms with van der Waals surface area (Å²) >= 11 is 0. The van der Waals surface area contributed by atoms with Crippen LogP contribution in [-0.4, -0.2) is 48.7 Å². The third-order valence-electron chi connectivity index (χ3n) is 7.14. The first-order valence-electron chi connectivity index (χ1n) is 11.6. The second kappa shape index (κ2) is 8.00. The van der Waals surface area contributed by atoms with Crippen LogP contribution in [0.15, 0.2) is 54.9 Å². The Morgan fingerprint density at radius 1 is 1.09 bits per heavy atom. The van der Waals surface area contributed by atoms with Crippen LogP contribution in [0.1, 0.15) is 48.2 Å². The van der Waals surface area contributed by atoms with Crippen molar-refractivity contribution in [2.75, 3.05) is 5.73 Å². The maximum Gasteiger partial charge on any atom is 0.165 e. The molecular formula is C26H26N6O2. The maximum atomic E-state index is 12.6. The highest BCUT2D eigenvalue weighted by atomic mass is 16.3. The zero-order chi connectivity index (χ0) is 23.4. The fraction of sp³-hybridized carbons (Fsp3) is 0.308. The summed E-state index contributed by atoms with van der Waals surface area (Å²) in [6.45, 7) is 1.52. The molecule has 0 aliphatic carbocycles. The van der Waals surface area contributed by atoms with E-state index < -0.39 is 0 Å². The molecular weight excluding hydrogens is 428 g/mol. The van der Waals surface area contributed by atoms with Crippen LogP contribution in [0.2, 0.25) is 0 Å². The van der Waals surface area contributed by atoms with Crippen molar-refractivity contribution in [1.29, 1.82) is 0 Å². The molecule has 0 radical (unpaired) electrons. The monoisotopic (exact) mass is 454 g/mol. The minimum absolute atomic E-state index is 0.0157. The number of aromatic nitrogens is 4. The Kier molecular flexibility index (Phi) is 4.93. The van der Waals surface area contributed by atoms with Gasteiger partial charge >= 0.3 is 0 Å². The van der Waals surface area contributed by atoms with Crippen LogP contribution in [0, 0.1) is 0 Å². The first-order chi connectivity index (χ1) is 16.5. The van der Waals surface area contributed by atoms with E-state index in [0.717, 1.165) is 41.6 Å². The van der Waals surface area contributed by atoms with Crippen LogP contribution in [0.4, 0.5) is 5.82 Å². The smallest absolute Gasteiger partial charge is 0.165 e. The molecule has 0 spiro atoms. The van der Waals surface area contributed by atoms with Gasteiger partial charge in [0.2, 0.25) is 0 Å².